The van der Waals surface area contributed by atoms with Crippen molar-refractivity contribution in [2.75, 3.05) is 14.2 Å². The lowest BCUT2D eigenvalue weighted by Crippen LogP contribution is -2.05. The minimum atomic E-state index is -0.447. The highest BCUT2D eigenvalue weighted by Gasteiger charge is 2.17. The summed E-state index contributed by atoms with van der Waals surface area (Å²) < 4.78 is 10.00. The van der Waals surface area contributed by atoms with E-state index in [9.17, 15) is 4.79 Å². The van der Waals surface area contributed by atoms with Gasteiger partial charge in [0.1, 0.15) is 11.3 Å². The number of ether oxygens (including phenoxy) is 2. The molecule has 0 bridgehead atoms. The average molecular weight is 244 g/mol. The molecule has 0 aliphatic heterocycles. The molecule has 0 fully saturated rings. The first-order valence-electron chi connectivity index (χ1n) is 5.29. The van der Waals surface area contributed by atoms with Crippen LogP contribution >= 0.6 is 0 Å². The van der Waals surface area contributed by atoms with Gasteiger partial charge >= 0.3 is 5.97 Å². The van der Waals surface area contributed by atoms with Crippen LogP contribution in [-0.4, -0.2) is 30.2 Å². The number of methoxy groups -OCH3 is 2. The Hall–Kier alpha value is -2.43. The van der Waals surface area contributed by atoms with Crippen LogP contribution in [0.15, 0.2) is 36.8 Å². The van der Waals surface area contributed by atoms with E-state index in [1.165, 1.54) is 14.2 Å². The predicted octanol–water partition coefficient (Wildman–Crippen LogP) is 1.94. The van der Waals surface area contributed by atoms with Crippen molar-refractivity contribution in [2.45, 2.75) is 0 Å². The molecule has 0 aliphatic carbocycles. The second-order valence-corrected chi connectivity index (χ2v) is 3.47. The van der Waals surface area contributed by atoms with Crippen molar-refractivity contribution in [1.29, 1.82) is 0 Å². The Kier molecular flexibility index (Phi) is 3.52. The number of esters is 1. The van der Waals surface area contributed by atoms with Gasteiger partial charge in [-0.05, 0) is 12.1 Å². The highest BCUT2D eigenvalue weighted by atomic mass is 16.5. The minimum absolute atomic E-state index is 0.364. The van der Waals surface area contributed by atoms with Gasteiger partial charge in [-0.15, -0.1) is 0 Å². The molecular formula is C13H12N2O3. The number of aromatic nitrogens is 2. The van der Waals surface area contributed by atoms with Gasteiger partial charge in [-0.3, -0.25) is 9.97 Å². The fourth-order valence-electron chi connectivity index (χ4n) is 1.67. The van der Waals surface area contributed by atoms with Gasteiger partial charge in [0.2, 0.25) is 0 Å². The van der Waals surface area contributed by atoms with Gasteiger partial charge in [-0.1, -0.05) is 6.07 Å². The van der Waals surface area contributed by atoms with Gasteiger partial charge in [0.15, 0.2) is 0 Å². The molecule has 2 aromatic rings. The molecule has 0 saturated heterocycles. The Labute approximate surface area is 104 Å². The zero-order chi connectivity index (χ0) is 13.0. The van der Waals surface area contributed by atoms with Crippen molar-refractivity contribution in [1.82, 2.24) is 9.97 Å². The van der Waals surface area contributed by atoms with Gasteiger partial charge in [-0.2, -0.15) is 0 Å². The third-order valence-electron chi connectivity index (χ3n) is 2.46. The fourth-order valence-corrected chi connectivity index (χ4v) is 1.67. The van der Waals surface area contributed by atoms with Crippen LogP contribution in [0.5, 0.6) is 5.75 Å². The summed E-state index contributed by atoms with van der Waals surface area (Å²) in [4.78, 5) is 19.8. The van der Waals surface area contributed by atoms with Crippen LogP contribution in [0.2, 0.25) is 0 Å². The molecule has 0 amide bonds. The van der Waals surface area contributed by atoms with Crippen LogP contribution in [0.1, 0.15) is 10.4 Å². The van der Waals surface area contributed by atoms with E-state index in [-0.39, 0.29) is 0 Å². The van der Waals surface area contributed by atoms with Crippen LogP contribution in [0.3, 0.4) is 0 Å². The Morgan fingerprint density at radius 2 is 2.06 bits per heavy atom. The number of carbonyl (C=O) groups excluding carboxylic acids is 1. The number of hydrogen-bond donors (Lipinski definition) is 0. The zero-order valence-corrected chi connectivity index (χ0v) is 10.1. The van der Waals surface area contributed by atoms with Gasteiger partial charge < -0.3 is 9.47 Å². The predicted molar refractivity (Wildman–Crippen MR) is 65.4 cm³/mol. The molecule has 0 radical (unpaired) electrons. The summed E-state index contributed by atoms with van der Waals surface area (Å²) in [5.74, 6) is -0.0116. The van der Waals surface area contributed by atoms with Crippen LogP contribution < -0.4 is 4.74 Å². The first kappa shape index (κ1) is 12.0. The van der Waals surface area contributed by atoms with Crippen molar-refractivity contribution in [2.24, 2.45) is 0 Å². The highest BCUT2D eigenvalue weighted by Crippen LogP contribution is 2.31. The molecule has 1 aromatic carbocycles. The van der Waals surface area contributed by atoms with Gasteiger partial charge in [0.05, 0.1) is 26.1 Å². The van der Waals surface area contributed by atoms with E-state index >= 15 is 0 Å². The number of nitrogens with zero attached hydrogens (tertiary/aromatic N) is 2. The zero-order valence-electron chi connectivity index (χ0n) is 10.1. The highest BCUT2D eigenvalue weighted by molar-refractivity contribution is 5.95. The smallest absolute Gasteiger partial charge is 0.341 e. The average Bonchev–Trinajstić information content (AvgIpc) is 2.46. The maximum atomic E-state index is 11.6. The quantitative estimate of drug-likeness (QED) is 0.772. The lowest BCUT2D eigenvalue weighted by Gasteiger charge is -2.11. The topological polar surface area (TPSA) is 61.3 Å². The second-order valence-electron chi connectivity index (χ2n) is 3.47. The van der Waals surface area contributed by atoms with E-state index < -0.39 is 5.97 Å². The summed E-state index contributed by atoms with van der Waals surface area (Å²) in [5, 5.41) is 0. The third kappa shape index (κ3) is 2.15. The number of carbonyl (C=O) groups is 1. The number of benzene rings is 1. The largest absolute Gasteiger partial charge is 0.495 e. The molecule has 18 heavy (non-hydrogen) atoms. The molecule has 1 heterocycles. The van der Waals surface area contributed by atoms with Crippen LogP contribution in [0.25, 0.3) is 11.3 Å². The molecule has 0 atom stereocenters. The summed E-state index contributed by atoms with van der Waals surface area (Å²) in [5.41, 5.74) is 1.71. The normalized spacial score (nSPS) is 9.89. The summed E-state index contributed by atoms with van der Waals surface area (Å²) in [7, 11) is 2.83. The maximum absolute atomic E-state index is 11.6. The van der Waals surface area contributed by atoms with E-state index in [4.69, 9.17) is 9.47 Å². The van der Waals surface area contributed by atoms with Crippen LogP contribution in [0, 0.1) is 0 Å². The number of para-hydroxylation sites is 1. The summed E-state index contributed by atoms with van der Waals surface area (Å²) in [6.45, 7) is 0. The van der Waals surface area contributed by atoms with Crippen LogP contribution in [0.4, 0.5) is 0 Å². The molecule has 0 spiro atoms. The van der Waals surface area contributed by atoms with E-state index in [0.717, 1.165) is 0 Å². The molecule has 0 N–H and O–H groups in total. The second kappa shape index (κ2) is 5.27. The van der Waals surface area contributed by atoms with Crippen molar-refractivity contribution in [3.8, 4) is 17.0 Å². The molecule has 2 rings (SSSR count). The van der Waals surface area contributed by atoms with Gasteiger partial charge in [0, 0.05) is 18.0 Å². The van der Waals surface area contributed by atoms with Gasteiger partial charge in [0.25, 0.3) is 0 Å². The molecule has 0 saturated carbocycles. The van der Waals surface area contributed by atoms with Crippen molar-refractivity contribution in [3.63, 3.8) is 0 Å². The summed E-state index contributed by atoms with van der Waals surface area (Å²) in [6.07, 6.45) is 4.78. The summed E-state index contributed by atoms with van der Waals surface area (Å²) in [6, 6.07) is 5.21. The van der Waals surface area contributed by atoms with Crippen molar-refractivity contribution < 1.29 is 14.3 Å². The van der Waals surface area contributed by atoms with Crippen molar-refractivity contribution >= 4 is 5.97 Å². The Bertz CT molecular complexity index is 555. The van der Waals surface area contributed by atoms with Crippen LogP contribution in [-0.2, 0) is 4.74 Å². The summed E-state index contributed by atoms with van der Waals surface area (Å²) >= 11 is 0. The minimum Gasteiger partial charge on any atom is -0.495 e. The first-order chi connectivity index (χ1) is 8.77. The lowest BCUT2D eigenvalue weighted by atomic mass is 10.1. The Morgan fingerprint density at radius 3 is 2.67 bits per heavy atom. The van der Waals surface area contributed by atoms with E-state index in [2.05, 4.69) is 9.97 Å². The van der Waals surface area contributed by atoms with E-state index in [0.29, 0.717) is 22.6 Å². The number of rotatable bonds is 3. The third-order valence-corrected chi connectivity index (χ3v) is 2.46. The SMILES string of the molecule is COC(=O)c1cccc(-c2cnccn2)c1OC. The van der Waals surface area contributed by atoms with Gasteiger partial charge in [-0.25, -0.2) is 4.79 Å². The Morgan fingerprint density at radius 1 is 1.22 bits per heavy atom. The lowest BCUT2D eigenvalue weighted by molar-refractivity contribution is 0.0597. The monoisotopic (exact) mass is 244 g/mol. The van der Waals surface area contributed by atoms with E-state index in [1.54, 1.807) is 30.7 Å². The fraction of sp³-hybridized carbons (Fsp3) is 0.154. The molecule has 5 nitrogen and oxygen atoms in total. The molecule has 92 valence electrons. The molecule has 1 aromatic heterocycles. The molecule has 5 heteroatoms. The van der Waals surface area contributed by atoms with E-state index in [1.807, 2.05) is 6.07 Å². The molecule has 0 aliphatic rings. The van der Waals surface area contributed by atoms with Crippen molar-refractivity contribution in [3.05, 3.63) is 42.4 Å². The first-order valence-corrected chi connectivity index (χ1v) is 5.29. The number of hydrogen-bond acceptors (Lipinski definition) is 5. The Balaban J connectivity index is 2.59. The maximum Gasteiger partial charge on any atom is 0.341 e. The standard InChI is InChI=1S/C13H12N2O3/c1-17-12-9(11-8-14-6-7-15-11)4-3-5-10(12)13(16)18-2/h3-8H,1-2H3. The molecular weight excluding hydrogens is 232 g/mol. The molecule has 0 unspecified atom stereocenters.